The fraction of sp³-hybridized carbons (Fsp3) is 0.627. The monoisotopic (exact) mass is 1070 g/mol. The SMILES string of the molecule is CC/C=C\C/C=C\C/C=C\C/C=C\C/C=C\C/C=C\C/C=C\C/C=C\C/C=C\CCCCCCCCCCCCCC(=O)NC(COP(=O)([O-])OCC[N+](C)(C)C)C(O)/C=C/CC/C=C/CC/C=C/CCCCCCC. The molecule has 0 radical (unpaired) electrons. The summed E-state index contributed by atoms with van der Waals surface area (Å²) >= 11 is 0. The van der Waals surface area contributed by atoms with Crippen LogP contribution >= 0.6 is 7.82 Å². The van der Waals surface area contributed by atoms with Gasteiger partial charge in [-0.1, -0.05) is 243 Å². The highest BCUT2D eigenvalue weighted by atomic mass is 31.2. The molecule has 2 N–H and O–H groups in total. The smallest absolute Gasteiger partial charge is 0.268 e. The maximum atomic E-state index is 13.0. The second kappa shape index (κ2) is 56.1. The molecule has 3 unspecified atom stereocenters. The molecule has 3 atom stereocenters. The molecule has 0 heterocycles. The number of rotatable bonds is 53. The highest BCUT2D eigenvalue weighted by molar-refractivity contribution is 7.45. The van der Waals surface area contributed by atoms with E-state index in [9.17, 15) is 19.4 Å². The van der Waals surface area contributed by atoms with Crippen molar-refractivity contribution in [2.75, 3.05) is 40.9 Å². The van der Waals surface area contributed by atoms with Crippen LogP contribution in [-0.4, -0.2) is 68.5 Å². The van der Waals surface area contributed by atoms with E-state index in [2.05, 4.69) is 153 Å². The minimum Gasteiger partial charge on any atom is -0.756 e. The molecule has 0 fully saturated rings. The van der Waals surface area contributed by atoms with Crippen molar-refractivity contribution in [2.24, 2.45) is 0 Å². The number of quaternary nitrogens is 1. The maximum absolute atomic E-state index is 13.0. The average molecular weight is 1070 g/mol. The third-order valence-electron chi connectivity index (χ3n) is 12.5. The predicted octanol–water partition coefficient (Wildman–Crippen LogP) is 18.2. The van der Waals surface area contributed by atoms with Gasteiger partial charge in [-0.25, -0.2) is 0 Å². The van der Waals surface area contributed by atoms with Crippen molar-refractivity contribution in [3.63, 3.8) is 0 Å². The first-order valence-electron chi connectivity index (χ1n) is 30.2. The standard InChI is InChI=1S/C67H113N2O6P/c1-6-8-10-12-14-16-18-20-22-23-24-25-26-27-28-29-30-31-32-33-34-35-36-37-38-39-40-41-42-43-44-45-47-49-51-53-55-57-59-61-67(71)68-65(64-75-76(72,73)74-63-62-69(3,4)5)66(70)60-58-56-54-52-50-48-46-21-19-17-15-13-11-9-7-2/h8,10,14,16,19-22,24-25,27-28,30-31,33-34,36-37,39-40,50,52,58,60,65-66,70H,6-7,9,11-13,15,17-18,23,26,29,32,35,38,41-49,51,53-57,59,61-64H2,1-5H3,(H-,68,71,72,73)/b10-8-,16-14-,21-19+,22-20-,25-24-,28-27-,31-30-,34-33-,37-36-,40-39-,52-50+,60-58+. The number of nitrogens with zero attached hydrogens (tertiary/aromatic N) is 1. The van der Waals surface area contributed by atoms with E-state index in [0.717, 1.165) is 116 Å². The van der Waals surface area contributed by atoms with Crippen LogP contribution in [0.5, 0.6) is 0 Å². The number of carbonyl (C=O) groups is 1. The number of phosphoric ester groups is 1. The van der Waals surface area contributed by atoms with Crippen LogP contribution in [0.4, 0.5) is 0 Å². The molecule has 1 amide bonds. The molecular formula is C67H113N2O6P. The Bertz CT molecular complexity index is 1740. The van der Waals surface area contributed by atoms with Gasteiger partial charge in [0.15, 0.2) is 0 Å². The Morgan fingerprint density at radius 3 is 1.22 bits per heavy atom. The normalized spacial score (nSPS) is 14.9. The van der Waals surface area contributed by atoms with Gasteiger partial charge in [0.2, 0.25) is 5.91 Å². The molecule has 0 aromatic carbocycles. The van der Waals surface area contributed by atoms with Crippen molar-refractivity contribution in [3.8, 4) is 0 Å². The number of likely N-dealkylation sites (N-methyl/N-ethyl adjacent to an activating group) is 1. The Morgan fingerprint density at radius 2 is 0.816 bits per heavy atom. The molecule has 0 aliphatic carbocycles. The van der Waals surface area contributed by atoms with Gasteiger partial charge in [0.05, 0.1) is 39.9 Å². The van der Waals surface area contributed by atoms with Gasteiger partial charge in [-0.15, -0.1) is 0 Å². The summed E-state index contributed by atoms with van der Waals surface area (Å²) in [5.41, 5.74) is 0. The second-order valence-corrected chi connectivity index (χ2v) is 22.4. The third-order valence-corrected chi connectivity index (χ3v) is 13.5. The highest BCUT2D eigenvalue weighted by Gasteiger charge is 2.23. The highest BCUT2D eigenvalue weighted by Crippen LogP contribution is 2.38. The van der Waals surface area contributed by atoms with Crippen LogP contribution in [0.3, 0.4) is 0 Å². The zero-order valence-electron chi connectivity index (χ0n) is 49.1. The molecule has 0 aromatic rings. The molecule has 76 heavy (non-hydrogen) atoms. The molecule has 0 saturated heterocycles. The van der Waals surface area contributed by atoms with Gasteiger partial charge in [0, 0.05) is 6.42 Å². The number of hydrogen-bond acceptors (Lipinski definition) is 6. The fourth-order valence-corrected chi connectivity index (χ4v) is 8.55. The number of nitrogens with one attached hydrogen (secondary N) is 1. The lowest BCUT2D eigenvalue weighted by Crippen LogP contribution is -2.45. The number of carbonyl (C=O) groups excluding carboxylic acids is 1. The zero-order valence-corrected chi connectivity index (χ0v) is 50.0. The molecule has 0 saturated carbocycles. The minimum atomic E-state index is -4.62. The van der Waals surface area contributed by atoms with Gasteiger partial charge in [0.25, 0.3) is 7.82 Å². The zero-order chi connectivity index (χ0) is 55.6. The van der Waals surface area contributed by atoms with Crippen molar-refractivity contribution in [2.45, 2.75) is 231 Å². The largest absolute Gasteiger partial charge is 0.756 e. The van der Waals surface area contributed by atoms with Crippen LogP contribution in [0.2, 0.25) is 0 Å². The van der Waals surface area contributed by atoms with E-state index in [1.807, 2.05) is 27.2 Å². The van der Waals surface area contributed by atoms with E-state index in [-0.39, 0.29) is 12.5 Å². The number of aliphatic hydroxyl groups excluding tert-OH is 1. The molecule has 0 spiro atoms. The van der Waals surface area contributed by atoms with Crippen LogP contribution in [0.15, 0.2) is 146 Å². The summed E-state index contributed by atoms with van der Waals surface area (Å²) in [6, 6.07) is -0.921. The quantitative estimate of drug-likeness (QED) is 0.0272. The Hall–Kier alpha value is -3.62. The minimum absolute atomic E-state index is 0.0164. The van der Waals surface area contributed by atoms with Crippen molar-refractivity contribution in [1.29, 1.82) is 0 Å². The first kappa shape index (κ1) is 72.4. The maximum Gasteiger partial charge on any atom is 0.268 e. The van der Waals surface area contributed by atoms with Gasteiger partial charge < -0.3 is 28.8 Å². The summed E-state index contributed by atoms with van der Waals surface area (Å²) in [6.45, 7) is 4.47. The van der Waals surface area contributed by atoms with Crippen molar-refractivity contribution in [1.82, 2.24) is 5.32 Å². The number of aliphatic hydroxyl groups is 1. The van der Waals surface area contributed by atoms with E-state index in [1.165, 1.54) is 83.5 Å². The molecule has 0 aliphatic heterocycles. The lowest BCUT2D eigenvalue weighted by atomic mass is 10.0. The van der Waals surface area contributed by atoms with Gasteiger partial charge >= 0.3 is 0 Å². The number of allylic oxidation sites excluding steroid dienone is 23. The number of hydrogen-bond donors (Lipinski definition) is 2. The van der Waals surface area contributed by atoms with Crippen molar-refractivity contribution >= 4 is 13.7 Å². The molecule has 0 aliphatic rings. The molecule has 432 valence electrons. The molecule has 8 nitrogen and oxygen atoms in total. The van der Waals surface area contributed by atoms with Crippen LogP contribution in [-0.2, 0) is 18.4 Å². The summed E-state index contributed by atoms with van der Waals surface area (Å²) in [7, 11) is 1.21. The van der Waals surface area contributed by atoms with E-state index in [1.54, 1.807) is 6.08 Å². The lowest BCUT2D eigenvalue weighted by molar-refractivity contribution is -0.870. The van der Waals surface area contributed by atoms with Gasteiger partial charge in [-0.2, -0.15) is 0 Å². The average Bonchev–Trinajstić information content (AvgIpc) is 3.38. The molecule has 0 bridgehead atoms. The Balaban J connectivity index is 4.14. The first-order valence-corrected chi connectivity index (χ1v) is 31.7. The lowest BCUT2D eigenvalue weighted by Gasteiger charge is -2.29. The van der Waals surface area contributed by atoms with Crippen LogP contribution in [0.1, 0.15) is 219 Å². The van der Waals surface area contributed by atoms with E-state index >= 15 is 0 Å². The van der Waals surface area contributed by atoms with Crippen molar-refractivity contribution < 1.29 is 32.9 Å². The van der Waals surface area contributed by atoms with Crippen molar-refractivity contribution in [3.05, 3.63) is 146 Å². The van der Waals surface area contributed by atoms with E-state index in [0.29, 0.717) is 17.4 Å². The van der Waals surface area contributed by atoms with E-state index in [4.69, 9.17) is 9.05 Å². The Kier molecular flexibility index (Phi) is 53.4. The first-order chi connectivity index (χ1) is 37.0. The van der Waals surface area contributed by atoms with Gasteiger partial charge in [-0.05, 0) is 116 Å². The van der Waals surface area contributed by atoms with Gasteiger partial charge in [-0.3, -0.25) is 9.36 Å². The predicted molar refractivity (Wildman–Crippen MR) is 329 cm³/mol. The summed E-state index contributed by atoms with van der Waals surface area (Å²) in [6.07, 6.45) is 86.5. The summed E-state index contributed by atoms with van der Waals surface area (Å²) in [4.78, 5) is 25.5. The molecule has 9 heteroatoms. The van der Waals surface area contributed by atoms with Crippen LogP contribution in [0.25, 0.3) is 0 Å². The van der Waals surface area contributed by atoms with E-state index < -0.39 is 26.6 Å². The Morgan fingerprint density at radius 1 is 0.474 bits per heavy atom. The summed E-state index contributed by atoms with van der Waals surface area (Å²) in [5, 5.41) is 13.8. The van der Waals surface area contributed by atoms with Gasteiger partial charge in [0.1, 0.15) is 13.2 Å². The Labute approximate surface area is 468 Å². The molecule has 0 rings (SSSR count). The molecular weight excluding hydrogens is 960 g/mol. The fourth-order valence-electron chi connectivity index (χ4n) is 7.82. The van der Waals surface area contributed by atoms with Crippen LogP contribution < -0.4 is 10.2 Å². The number of amides is 1. The number of phosphoric acid groups is 1. The number of unbranched alkanes of at least 4 members (excludes halogenated alkanes) is 18. The third kappa shape index (κ3) is 58.1. The topological polar surface area (TPSA) is 108 Å². The molecule has 0 aromatic heterocycles. The summed E-state index contributed by atoms with van der Waals surface area (Å²) in [5.74, 6) is -0.221. The summed E-state index contributed by atoms with van der Waals surface area (Å²) < 4.78 is 23.3. The second-order valence-electron chi connectivity index (χ2n) is 20.9. The van der Waals surface area contributed by atoms with Crippen LogP contribution in [0, 0.1) is 0 Å².